The fourth-order valence-corrected chi connectivity index (χ4v) is 3.14. The quantitative estimate of drug-likeness (QED) is 0.652. The zero-order chi connectivity index (χ0) is 13.3. The number of aromatic nitrogens is 1. The minimum Gasteiger partial charge on any atom is -0.258 e. The van der Waals surface area contributed by atoms with E-state index in [0.29, 0.717) is 0 Å². The smallest absolute Gasteiger partial charge is 0.123 e. The molecule has 0 amide bonds. The molecular formula is C14H12Br2FN. The maximum Gasteiger partial charge on any atom is 0.123 e. The van der Waals surface area contributed by atoms with Gasteiger partial charge in [0.05, 0.1) is 3.74 Å². The molecule has 0 unspecified atom stereocenters. The summed E-state index contributed by atoms with van der Waals surface area (Å²) in [6, 6.07) is 8.54. The van der Waals surface area contributed by atoms with Crippen LogP contribution in [-0.2, 0) is 0 Å². The van der Waals surface area contributed by atoms with Crippen molar-refractivity contribution in [2.75, 3.05) is 0 Å². The van der Waals surface area contributed by atoms with Crippen LogP contribution in [0.1, 0.15) is 20.7 Å². The summed E-state index contributed by atoms with van der Waals surface area (Å²) in [4.78, 5) is 4.46. The summed E-state index contributed by atoms with van der Waals surface area (Å²) < 4.78 is 13.0. The molecule has 0 bridgehead atoms. The number of nitrogens with zero attached hydrogens (tertiary/aromatic N) is 1. The normalized spacial score (nSPS) is 11.0. The highest BCUT2D eigenvalue weighted by atomic mass is 79.9. The Morgan fingerprint density at radius 3 is 2.28 bits per heavy atom. The molecule has 0 atom stereocenters. The van der Waals surface area contributed by atoms with Gasteiger partial charge in [-0.1, -0.05) is 44.0 Å². The number of alkyl halides is 2. The minimum atomic E-state index is -0.225. The van der Waals surface area contributed by atoms with Crippen LogP contribution in [0.4, 0.5) is 4.39 Å². The summed E-state index contributed by atoms with van der Waals surface area (Å²) in [7, 11) is 0. The van der Waals surface area contributed by atoms with E-state index >= 15 is 0 Å². The average molecular weight is 373 g/mol. The van der Waals surface area contributed by atoms with E-state index in [1.165, 1.54) is 12.1 Å². The molecule has 18 heavy (non-hydrogen) atoms. The van der Waals surface area contributed by atoms with Crippen molar-refractivity contribution in [3.63, 3.8) is 0 Å². The molecule has 1 nitrogen and oxygen atoms in total. The van der Waals surface area contributed by atoms with Gasteiger partial charge in [-0.25, -0.2) is 4.39 Å². The van der Waals surface area contributed by atoms with Crippen molar-refractivity contribution in [1.29, 1.82) is 0 Å². The molecule has 0 N–H and O–H groups in total. The Hall–Kier alpha value is -0.740. The van der Waals surface area contributed by atoms with Gasteiger partial charge in [0, 0.05) is 17.0 Å². The van der Waals surface area contributed by atoms with E-state index in [1.807, 2.05) is 19.9 Å². The Morgan fingerprint density at radius 2 is 1.72 bits per heavy atom. The monoisotopic (exact) mass is 371 g/mol. The van der Waals surface area contributed by atoms with Crippen LogP contribution in [0.25, 0.3) is 11.1 Å². The van der Waals surface area contributed by atoms with Gasteiger partial charge in [0.1, 0.15) is 5.82 Å². The summed E-state index contributed by atoms with van der Waals surface area (Å²) in [6.45, 7) is 3.94. The molecule has 1 aromatic heterocycles. The largest absolute Gasteiger partial charge is 0.258 e. The summed E-state index contributed by atoms with van der Waals surface area (Å²) >= 11 is 7.05. The van der Waals surface area contributed by atoms with Crippen molar-refractivity contribution in [3.8, 4) is 11.1 Å². The van der Waals surface area contributed by atoms with E-state index in [9.17, 15) is 4.39 Å². The number of halogens is 3. The zero-order valence-electron chi connectivity index (χ0n) is 10.0. The number of hydrogen-bond acceptors (Lipinski definition) is 1. The minimum absolute atomic E-state index is 0.0261. The van der Waals surface area contributed by atoms with Crippen LogP contribution in [0.2, 0.25) is 0 Å². The van der Waals surface area contributed by atoms with Gasteiger partial charge in [0.25, 0.3) is 0 Å². The predicted octanol–water partition coefficient (Wildman–Crippen LogP) is 5.29. The lowest BCUT2D eigenvalue weighted by Gasteiger charge is -2.14. The van der Waals surface area contributed by atoms with E-state index < -0.39 is 0 Å². The van der Waals surface area contributed by atoms with Gasteiger partial charge < -0.3 is 0 Å². The lowest BCUT2D eigenvalue weighted by Crippen LogP contribution is -1.98. The Kier molecular flexibility index (Phi) is 4.17. The molecule has 0 saturated carbocycles. The summed E-state index contributed by atoms with van der Waals surface area (Å²) in [5.74, 6) is -0.225. The fraction of sp³-hybridized carbons (Fsp3) is 0.214. The standard InChI is InChI=1S/C14H12Br2FN/c1-8-7-12(10-3-5-11(17)6-4-10)13(14(15)16)9(2)18-8/h3-7,14H,1-2H3. The molecule has 0 aliphatic carbocycles. The highest BCUT2D eigenvalue weighted by molar-refractivity contribution is 9.24. The van der Waals surface area contributed by atoms with Crippen molar-refractivity contribution in [1.82, 2.24) is 4.98 Å². The highest BCUT2D eigenvalue weighted by Crippen LogP contribution is 2.38. The molecule has 1 aromatic carbocycles. The fourth-order valence-electron chi connectivity index (χ4n) is 1.98. The van der Waals surface area contributed by atoms with Crippen molar-refractivity contribution < 1.29 is 4.39 Å². The van der Waals surface area contributed by atoms with Crippen molar-refractivity contribution in [2.45, 2.75) is 17.6 Å². The number of aryl methyl sites for hydroxylation is 2. The van der Waals surface area contributed by atoms with Crippen LogP contribution in [0, 0.1) is 19.7 Å². The third kappa shape index (κ3) is 2.81. The van der Waals surface area contributed by atoms with Gasteiger partial charge in [-0.15, -0.1) is 0 Å². The number of rotatable bonds is 2. The molecule has 0 spiro atoms. The highest BCUT2D eigenvalue weighted by Gasteiger charge is 2.15. The second-order valence-corrected chi connectivity index (χ2v) is 7.18. The molecule has 2 aromatic rings. The third-order valence-corrected chi connectivity index (χ3v) is 3.67. The van der Waals surface area contributed by atoms with E-state index in [-0.39, 0.29) is 9.55 Å². The topological polar surface area (TPSA) is 12.9 Å². The third-order valence-electron chi connectivity index (χ3n) is 2.75. The van der Waals surface area contributed by atoms with Gasteiger partial charge in [0.2, 0.25) is 0 Å². The maximum absolute atomic E-state index is 13.0. The molecule has 0 radical (unpaired) electrons. The van der Waals surface area contributed by atoms with E-state index in [0.717, 1.165) is 28.1 Å². The lowest BCUT2D eigenvalue weighted by molar-refractivity contribution is 0.628. The van der Waals surface area contributed by atoms with Gasteiger partial charge in [0.15, 0.2) is 0 Å². The van der Waals surface area contributed by atoms with Crippen molar-refractivity contribution in [2.24, 2.45) is 0 Å². The Labute approximate surface area is 123 Å². The first-order valence-corrected chi connectivity index (χ1v) is 7.34. The van der Waals surface area contributed by atoms with E-state index in [1.54, 1.807) is 12.1 Å². The first-order valence-electron chi connectivity index (χ1n) is 5.51. The maximum atomic E-state index is 13.0. The SMILES string of the molecule is Cc1cc(-c2ccc(F)cc2)c(C(Br)Br)c(C)n1. The lowest BCUT2D eigenvalue weighted by atomic mass is 9.99. The average Bonchev–Trinajstić information content (AvgIpc) is 2.28. The molecule has 0 aliphatic heterocycles. The van der Waals surface area contributed by atoms with Gasteiger partial charge in [-0.2, -0.15) is 0 Å². The Morgan fingerprint density at radius 1 is 1.11 bits per heavy atom. The van der Waals surface area contributed by atoms with Gasteiger partial charge in [-0.3, -0.25) is 4.98 Å². The summed E-state index contributed by atoms with van der Waals surface area (Å²) in [5, 5.41) is 0. The van der Waals surface area contributed by atoms with Gasteiger partial charge >= 0.3 is 0 Å². The molecule has 2 rings (SSSR count). The van der Waals surface area contributed by atoms with Crippen LogP contribution in [-0.4, -0.2) is 4.98 Å². The number of hydrogen-bond donors (Lipinski definition) is 0. The summed E-state index contributed by atoms with van der Waals surface area (Å²) in [5.41, 5.74) is 5.05. The van der Waals surface area contributed by atoms with Crippen LogP contribution in [0.15, 0.2) is 30.3 Å². The van der Waals surface area contributed by atoms with Crippen LogP contribution < -0.4 is 0 Å². The molecule has 0 aliphatic rings. The van der Waals surface area contributed by atoms with Crippen molar-refractivity contribution >= 4 is 31.9 Å². The molecule has 0 fully saturated rings. The molecule has 4 heteroatoms. The first-order chi connectivity index (χ1) is 8.49. The van der Waals surface area contributed by atoms with Crippen LogP contribution in [0.5, 0.6) is 0 Å². The van der Waals surface area contributed by atoms with E-state index in [4.69, 9.17) is 0 Å². The zero-order valence-corrected chi connectivity index (χ0v) is 13.2. The Balaban J connectivity index is 2.65. The second kappa shape index (κ2) is 5.49. The second-order valence-electron chi connectivity index (χ2n) is 4.12. The number of benzene rings is 1. The number of pyridine rings is 1. The van der Waals surface area contributed by atoms with Gasteiger partial charge in [-0.05, 0) is 43.2 Å². The van der Waals surface area contributed by atoms with Crippen LogP contribution in [0.3, 0.4) is 0 Å². The molecule has 1 heterocycles. The van der Waals surface area contributed by atoms with E-state index in [2.05, 4.69) is 36.8 Å². The van der Waals surface area contributed by atoms with Crippen molar-refractivity contribution in [3.05, 3.63) is 53.1 Å². The predicted molar refractivity (Wildman–Crippen MR) is 79.7 cm³/mol. The first kappa shape index (κ1) is 13.7. The molecule has 94 valence electrons. The van der Waals surface area contributed by atoms with Crippen LogP contribution >= 0.6 is 31.9 Å². The molecule has 0 saturated heterocycles. The Bertz CT molecular complexity index is 565. The summed E-state index contributed by atoms with van der Waals surface area (Å²) in [6.07, 6.45) is 0. The molecular weight excluding hydrogens is 361 g/mol.